The molecule has 1 aromatic carbocycles. The van der Waals surface area contributed by atoms with Gasteiger partial charge in [-0.15, -0.1) is 11.8 Å². The summed E-state index contributed by atoms with van der Waals surface area (Å²) in [5.41, 5.74) is 1.54. The second-order valence-electron chi connectivity index (χ2n) is 7.49. The van der Waals surface area contributed by atoms with Crippen LogP contribution in [-0.2, 0) is 9.59 Å². The van der Waals surface area contributed by atoms with Gasteiger partial charge in [0, 0.05) is 10.3 Å². The summed E-state index contributed by atoms with van der Waals surface area (Å²) in [7, 11) is 0. The molecule has 0 saturated carbocycles. The lowest BCUT2D eigenvalue weighted by Crippen LogP contribution is -2.56. The maximum absolute atomic E-state index is 13.1. The molecule has 0 spiro atoms. The molecule has 1 fully saturated rings. The molecule has 2 amide bonds. The number of rotatable bonds is 5. The molecule has 26 heavy (non-hydrogen) atoms. The minimum Gasteiger partial charge on any atom is -0.480 e. The van der Waals surface area contributed by atoms with Crippen LogP contribution >= 0.6 is 11.8 Å². The van der Waals surface area contributed by atoms with Crippen molar-refractivity contribution in [2.45, 2.75) is 56.3 Å². The Bertz CT molecular complexity index is 764. The number of benzene rings is 1. The van der Waals surface area contributed by atoms with Crippen LogP contribution < -0.4 is 5.32 Å². The number of hydrogen-bond donors (Lipinski definition) is 2. The number of carbonyl (C=O) groups is 3. The van der Waals surface area contributed by atoms with Gasteiger partial charge in [-0.1, -0.05) is 38.5 Å². The Morgan fingerprint density at radius 3 is 2.62 bits per heavy atom. The third kappa shape index (κ3) is 2.88. The lowest BCUT2D eigenvalue weighted by molar-refractivity contribution is -0.144. The number of amides is 2. The molecule has 0 unspecified atom stereocenters. The van der Waals surface area contributed by atoms with E-state index in [2.05, 4.69) is 5.32 Å². The molecule has 4 atom stereocenters. The van der Waals surface area contributed by atoms with E-state index < -0.39 is 28.7 Å². The molecule has 1 saturated heterocycles. The van der Waals surface area contributed by atoms with Crippen LogP contribution in [0.3, 0.4) is 0 Å². The van der Waals surface area contributed by atoms with E-state index in [0.29, 0.717) is 12.0 Å². The number of carbonyl (C=O) groups excluding carboxylic acids is 2. The van der Waals surface area contributed by atoms with Gasteiger partial charge in [0.15, 0.2) is 0 Å². The highest BCUT2D eigenvalue weighted by Crippen LogP contribution is 2.56. The number of nitrogens with one attached hydrogen (secondary N) is 1. The quantitative estimate of drug-likeness (QED) is 0.825. The molecule has 2 heterocycles. The normalized spacial score (nSPS) is 25.4. The molecule has 0 aromatic heterocycles. The molecule has 2 aliphatic rings. The highest BCUT2D eigenvalue weighted by atomic mass is 32.2. The van der Waals surface area contributed by atoms with Crippen molar-refractivity contribution in [1.82, 2.24) is 10.2 Å². The Balaban J connectivity index is 1.91. The van der Waals surface area contributed by atoms with E-state index >= 15 is 0 Å². The number of thioether (sulfide) groups is 1. The van der Waals surface area contributed by atoms with E-state index in [0.717, 1.165) is 5.56 Å². The minimum absolute atomic E-state index is 0.167. The standard InChI is InChI=1S/C19H24N2O4S/c1-5-10(2)13(18(24)25)20-15(22)14-19(3,4)26-17-12-9-7-6-8-11(12)16(23)21(14)17/h6-10,13-14,17H,5H2,1-4H3,(H,20,22)(H,24,25)/t10-,13-,14-,17-/m0/s1. The number of carboxylic acid groups (broad SMARTS) is 1. The first-order valence-electron chi connectivity index (χ1n) is 8.81. The van der Waals surface area contributed by atoms with Gasteiger partial charge >= 0.3 is 5.97 Å². The Kier molecular flexibility index (Phi) is 4.77. The highest BCUT2D eigenvalue weighted by Gasteiger charge is 2.57. The van der Waals surface area contributed by atoms with Crippen molar-refractivity contribution in [2.75, 3.05) is 0 Å². The largest absolute Gasteiger partial charge is 0.480 e. The van der Waals surface area contributed by atoms with E-state index in [1.54, 1.807) is 29.7 Å². The minimum atomic E-state index is -1.05. The Hall–Kier alpha value is -2.02. The van der Waals surface area contributed by atoms with Gasteiger partial charge in [0.1, 0.15) is 17.5 Å². The molecule has 7 heteroatoms. The molecule has 6 nitrogen and oxygen atoms in total. The monoisotopic (exact) mass is 376 g/mol. The Morgan fingerprint density at radius 2 is 2.00 bits per heavy atom. The van der Waals surface area contributed by atoms with Crippen LogP contribution in [0, 0.1) is 5.92 Å². The molecule has 0 bridgehead atoms. The van der Waals surface area contributed by atoms with Gasteiger partial charge in [0.25, 0.3) is 5.91 Å². The van der Waals surface area contributed by atoms with Crippen molar-refractivity contribution in [2.24, 2.45) is 5.92 Å². The third-order valence-electron chi connectivity index (χ3n) is 5.32. The molecule has 0 aliphatic carbocycles. The molecule has 140 valence electrons. The van der Waals surface area contributed by atoms with Crippen molar-refractivity contribution in [3.05, 3.63) is 35.4 Å². The van der Waals surface area contributed by atoms with Gasteiger partial charge < -0.3 is 15.3 Å². The lowest BCUT2D eigenvalue weighted by atomic mass is 9.96. The molecular weight excluding hydrogens is 352 g/mol. The predicted octanol–water partition coefficient (Wildman–Crippen LogP) is 2.65. The van der Waals surface area contributed by atoms with Crippen molar-refractivity contribution in [1.29, 1.82) is 0 Å². The van der Waals surface area contributed by atoms with Crippen molar-refractivity contribution in [3.63, 3.8) is 0 Å². The third-order valence-corrected chi connectivity index (χ3v) is 6.86. The van der Waals surface area contributed by atoms with Gasteiger partial charge in [-0.3, -0.25) is 9.59 Å². The van der Waals surface area contributed by atoms with Gasteiger partial charge in [-0.2, -0.15) is 0 Å². The van der Waals surface area contributed by atoms with Crippen molar-refractivity contribution >= 4 is 29.5 Å². The van der Waals surface area contributed by atoms with Gasteiger partial charge in [-0.05, 0) is 31.4 Å². The fraction of sp³-hybridized carbons (Fsp3) is 0.526. The molecule has 2 N–H and O–H groups in total. The summed E-state index contributed by atoms with van der Waals surface area (Å²) in [6.07, 6.45) is 0.636. The van der Waals surface area contributed by atoms with E-state index in [9.17, 15) is 19.5 Å². The SMILES string of the molecule is CC[C@H](C)[C@H](NC(=O)[C@@H]1N2C(=O)c3ccccc3[C@@H]2SC1(C)C)C(=O)O. The predicted molar refractivity (Wildman–Crippen MR) is 99.8 cm³/mol. The second-order valence-corrected chi connectivity index (χ2v) is 9.22. The first kappa shape index (κ1) is 18.8. The summed E-state index contributed by atoms with van der Waals surface area (Å²) in [6, 6.07) is 5.71. The Labute approximate surface area is 157 Å². The van der Waals surface area contributed by atoms with Crippen LogP contribution in [0.25, 0.3) is 0 Å². The fourth-order valence-corrected chi connectivity index (χ4v) is 5.31. The van der Waals surface area contributed by atoms with Crippen LogP contribution in [0.1, 0.15) is 55.4 Å². The number of fused-ring (bicyclic) bond motifs is 3. The summed E-state index contributed by atoms with van der Waals surface area (Å²) in [4.78, 5) is 39.2. The van der Waals surface area contributed by atoms with Gasteiger partial charge in [0.05, 0.1) is 0 Å². The fourth-order valence-electron chi connectivity index (χ4n) is 3.72. The molecular formula is C19H24N2O4S. The van der Waals surface area contributed by atoms with E-state index in [-0.39, 0.29) is 17.2 Å². The topological polar surface area (TPSA) is 86.7 Å². The molecule has 0 radical (unpaired) electrons. The van der Waals surface area contributed by atoms with E-state index in [1.165, 1.54) is 0 Å². The summed E-state index contributed by atoms with van der Waals surface area (Å²) >= 11 is 1.57. The number of hydrogen-bond acceptors (Lipinski definition) is 4. The maximum Gasteiger partial charge on any atom is 0.326 e. The van der Waals surface area contributed by atoms with Crippen molar-refractivity contribution in [3.8, 4) is 0 Å². The van der Waals surface area contributed by atoms with Gasteiger partial charge in [0.2, 0.25) is 5.91 Å². The highest BCUT2D eigenvalue weighted by molar-refractivity contribution is 8.01. The van der Waals surface area contributed by atoms with Crippen LogP contribution in [-0.4, -0.2) is 44.6 Å². The zero-order valence-corrected chi connectivity index (χ0v) is 16.2. The number of aliphatic carboxylic acids is 1. The number of nitrogens with zero attached hydrogens (tertiary/aromatic N) is 1. The van der Waals surface area contributed by atoms with Crippen LogP contribution in [0.15, 0.2) is 24.3 Å². The van der Waals surface area contributed by atoms with E-state index in [1.807, 2.05) is 39.0 Å². The zero-order chi connectivity index (χ0) is 19.2. The maximum atomic E-state index is 13.1. The Morgan fingerprint density at radius 1 is 1.35 bits per heavy atom. The lowest BCUT2D eigenvalue weighted by Gasteiger charge is -2.31. The zero-order valence-electron chi connectivity index (χ0n) is 15.4. The average molecular weight is 376 g/mol. The second kappa shape index (κ2) is 6.61. The smallest absolute Gasteiger partial charge is 0.326 e. The van der Waals surface area contributed by atoms with Crippen LogP contribution in [0.2, 0.25) is 0 Å². The van der Waals surface area contributed by atoms with Gasteiger partial charge in [-0.25, -0.2) is 4.79 Å². The molecule has 3 rings (SSSR count). The van der Waals surface area contributed by atoms with E-state index in [4.69, 9.17) is 0 Å². The first-order chi connectivity index (χ1) is 12.2. The summed E-state index contributed by atoms with van der Waals surface area (Å²) in [6.45, 7) is 7.54. The molecule has 1 aromatic rings. The van der Waals surface area contributed by atoms with Crippen molar-refractivity contribution < 1.29 is 19.5 Å². The molecule has 2 aliphatic heterocycles. The summed E-state index contributed by atoms with van der Waals surface area (Å²) in [5.74, 6) is -1.82. The average Bonchev–Trinajstić information content (AvgIpc) is 3.02. The van der Waals surface area contributed by atoms with Crippen LogP contribution in [0.5, 0.6) is 0 Å². The van der Waals surface area contributed by atoms with Crippen LogP contribution in [0.4, 0.5) is 0 Å². The number of carboxylic acids is 1. The summed E-state index contributed by atoms with van der Waals surface area (Å²) < 4.78 is -0.517. The first-order valence-corrected chi connectivity index (χ1v) is 9.69. The summed E-state index contributed by atoms with van der Waals surface area (Å²) in [5, 5.41) is 11.9.